The van der Waals surface area contributed by atoms with Gasteiger partial charge < -0.3 is 29.7 Å². The summed E-state index contributed by atoms with van der Waals surface area (Å²) in [6.45, 7) is 9.71. The Kier molecular flexibility index (Phi) is 8.67. The Bertz CT molecular complexity index is 558. The minimum absolute atomic E-state index is 0.0488. The van der Waals surface area contributed by atoms with E-state index < -0.39 is 0 Å². The van der Waals surface area contributed by atoms with Crippen LogP contribution < -0.4 is 20.1 Å². The van der Waals surface area contributed by atoms with E-state index in [4.69, 9.17) is 14.2 Å². The summed E-state index contributed by atoms with van der Waals surface area (Å²) < 4.78 is 16.6. The Morgan fingerprint density at radius 2 is 2.15 bits per heavy atom. The molecular formula is C19H31N3O4. The number of ether oxygens (including phenoxy) is 3. The number of amides is 1. The highest BCUT2D eigenvalue weighted by Crippen LogP contribution is 2.30. The van der Waals surface area contributed by atoms with Gasteiger partial charge in [-0.15, -0.1) is 0 Å². The molecule has 1 aliphatic heterocycles. The molecule has 0 saturated carbocycles. The second-order valence-corrected chi connectivity index (χ2v) is 6.22. The molecule has 26 heavy (non-hydrogen) atoms. The van der Waals surface area contributed by atoms with E-state index in [9.17, 15) is 4.79 Å². The number of benzene rings is 1. The Balaban J connectivity index is 1.91. The zero-order valence-electron chi connectivity index (χ0n) is 16.0. The zero-order chi connectivity index (χ0) is 18.8. The predicted octanol–water partition coefficient (Wildman–Crippen LogP) is 1.73. The molecule has 7 nitrogen and oxygen atoms in total. The quantitative estimate of drug-likeness (QED) is 0.658. The van der Waals surface area contributed by atoms with Crippen molar-refractivity contribution in [3.63, 3.8) is 0 Å². The van der Waals surface area contributed by atoms with Gasteiger partial charge in [-0.2, -0.15) is 0 Å². The summed E-state index contributed by atoms with van der Waals surface area (Å²) in [5.41, 5.74) is 0.699. The second-order valence-electron chi connectivity index (χ2n) is 6.22. The van der Waals surface area contributed by atoms with Gasteiger partial charge in [-0.3, -0.25) is 4.79 Å². The second kappa shape index (κ2) is 11.0. The number of nitrogens with one attached hydrogen (secondary N) is 2. The molecule has 1 fully saturated rings. The van der Waals surface area contributed by atoms with Crippen LogP contribution in [0.3, 0.4) is 0 Å². The number of morpholine rings is 1. The molecular weight excluding hydrogens is 334 g/mol. The third-order valence-electron chi connectivity index (χ3n) is 4.44. The number of rotatable bonds is 10. The summed E-state index contributed by atoms with van der Waals surface area (Å²) in [7, 11) is 1.61. The van der Waals surface area contributed by atoms with Gasteiger partial charge in [0.15, 0.2) is 11.5 Å². The molecule has 146 valence electrons. The fourth-order valence-corrected chi connectivity index (χ4v) is 2.88. The fraction of sp³-hybridized carbons (Fsp3) is 0.632. The van der Waals surface area contributed by atoms with E-state index in [1.54, 1.807) is 7.11 Å². The van der Waals surface area contributed by atoms with Gasteiger partial charge in [0.2, 0.25) is 5.91 Å². The highest BCUT2D eigenvalue weighted by atomic mass is 16.5. The van der Waals surface area contributed by atoms with Crippen molar-refractivity contribution in [2.24, 2.45) is 0 Å². The van der Waals surface area contributed by atoms with E-state index in [0.717, 1.165) is 26.2 Å². The average molecular weight is 365 g/mol. The highest BCUT2D eigenvalue weighted by Gasteiger charge is 2.17. The van der Waals surface area contributed by atoms with E-state index in [0.29, 0.717) is 43.4 Å². The van der Waals surface area contributed by atoms with Crippen LogP contribution in [0.1, 0.15) is 20.3 Å². The van der Waals surface area contributed by atoms with Crippen LogP contribution in [0, 0.1) is 0 Å². The summed E-state index contributed by atoms with van der Waals surface area (Å²) in [6, 6.07) is 5.50. The van der Waals surface area contributed by atoms with Gasteiger partial charge in [0.25, 0.3) is 0 Å². The molecule has 0 spiro atoms. The summed E-state index contributed by atoms with van der Waals surface area (Å²) >= 11 is 0. The summed E-state index contributed by atoms with van der Waals surface area (Å²) in [6.07, 6.45) is 0.379. The molecule has 2 rings (SSSR count). The average Bonchev–Trinajstić information content (AvgIpc) is 2.66. The first-order valence-electron chi connectivity index (χ1n) is 9.30. The van der Waals surface area contributed by atoms with E-state index in [1.165, 1.54) is 0 Å². The maximum Gasteiger partial charge on any atom is 0.226 e. The molecule has 1 saturated heterocycles. The molecule has 1 atom stereocenters. The molecule has 7 heteroatoms. The van der Waals surface area contributed by atoms with Gasteiger partial charge in [0, 0.05) is 37.3 Å². The zero-order valence-corrected chi connectivity index (χ0v) is 16.0. The molecule has 1 aromatic carbocycles. The molecule has 0 aromatic heterocycles. The summed E-state index contributed by atoms with van der Waals surface area (Å²) in [4.78, 5) is 14.5. The number of carbonyl (C=O) groups excluding carboxylic acids is 1. The van der Waals surface area contributed by atoms with E-state index in [2.05, 4.69) is 29.4 Å². The normalized spacial score (nSPS) is 17.2. The van der Waals surface area contributed by atoms with Crippen molar-refractivity contribution in [3.05, 3.63) is 18.2 Å². The third-order valence-corrected chi connectivity index (χ3v) is 4.44. The monoisotopic (exact) mass is 365 g/mol. The van der Waals surface area contributed by atoms with E-state index in [1.807, 2.05) is 18.2 Å². The van der Waals surface area contributed by atoms with Crippen LogP contribution in [-0.2, 0) is 9.53 Å². The number of carbonyl (C=O) groups is 1. The van der Waals surface area contributed by atoms with Crippen molar-refractivity contribution in [2.75, 3.05) is 58.4 Å². The number of nitrogens with zero attached hydrogens (tertiary/aromatic N) is 1. The lowest BCUT2D eigenvalue weighted by molar-refractivity contribution is -0.117. The standard InChI is InChI=1S/C19H31N3O4/c1-4-22(5-2)9-11-26-18-12-15(6-7-17(18)24-3)21-19(23)13-16-14-25-10-8-20-16/h6-7,12,16,20H,4-5,8-11,13-14H2,1-3H3,(H,21,23). The summed E-state index contributed by atoms with van der Waals surface area (Å²) in [5, 5.41) is 6.20. The maximum atomic E-state index is 12.2. The Labute approximate surface area is 156 Å². The van der Waals surface area contributed by atoms with Crippen LogP contribution in [0.2, 0.25) is 0 Å². The van der Waals surface area contributed by atoms with Crippen molar-refractivity contribution in [3.8, 4) is 11.5 Å². The molecule has 1 amide bonds. The molecule has 0 bridgehead atoms. The van der Waals surface area contributed by atoms with Crippen molar-refractivity contribution in [1.29, 1.82) is 0 Å². The molecule has 1 unspecified atom stereocenters. The highest BCUT2D eigenvalue weighted by molar-refractivity contribution is 5.91. The maximum absolute atomic E-state index is 12.2. The molecule has 1 heterocycles. The van der Waals surface area contributed by atoms with E-state index in [-0.39, 0.29) is 11.9 Å². The largest absolute Gasteiger partial charge is 0.493 e. The minimum Gasteiger partial charge on any atom is -0.493 e. The van der Waals surface area contributed by atoms with Gasteiger partial charge in [-0.05, 0) is 25.2 Å². The van der Waals surface area contributed by atoms with Gasteiger partial charge in [-0.25, -0.2) is 0 Å². The first-order valence-corrected chi connectivity index (χ1v) is 9.30. The van der Waals surface area contributed by atoms with Crippen LogP contribution >= 0.6 is 0 Å². The minimum atomic E-state index is -0.0488. The Morgan fingerprint density at radius 1 is 1.35 bits per heavy atom. The molecule has 1 aromatic rings. The molecule has 0 radical (unpaired) electrons. The van der Waals surface area contributed by atoms with Crippen LogP contribution in [0.5, 0.6) is 11.5 Å². The Morgan fingerprint density at radius 3 is 2.81 bits per heavy atom. The van der Waals surface area contributed by atoms with Crippen LogP contribution in [0.15, 0.2) is 18.2 Å². The lowest BCUT2D eigenvalue weighted by Gasteiger charge is -2.23. The first kappa shape index (κ1) is 20.5. The number of anilines is 1. The molecule has 1 aliphatic rings. The smallest absolute Gasteiger partial charge is 0.226 e. The number of methoxy groups -OCH3 is 1. The summed E-state index contributed by atoms with van der Waals surface area (Å²) in [5.74, 6) is 1.24. The van der Waals surface area contributed by atoms with Gasteiger partial charge in [0.1, 0.15) is 6.61 Å². The third kappa shape index (κ3) is 6.48. The number of hydrogen-bond acceptors (Lipinski definition) is 6. The van der Waals surface area contributed by atoms with Gasteiger partial charge >= 0.3 is 0 Å². The van der Waals surface area contributed by atoms with E-state index >= 15 is 0 Å². The topological polar surface area (TPSA) is 72.1 Å². The lowest BCUT2D eigenvalue weighted by Crippen LogP contribution is -2.43. The molecule has 0 aliphatic carbocycles. The van der Waals surface area contributed by atoms with Gasteiger partial charge in [0.05, 0.1) is 20.3 Å². The van der Waals surface area contributed by atoms with Crippen molar-refractivity contribution in [1.82, 2.24) is 10.2 Å². The SMILES string of the molecule is CCN(CC)CCOc1cc(NC(=O)CC2COCCN2)ccc1OC. The lowest BCUT2D eigenvalue weighted by atomic mass is 10.2. The van der Waals surface area contributed by atoms with Crippen molar-refractivity contribution in [2.45, 2.75) is 26.3 Å². The van der Waals surface area contributed by atoms with Gasteiger partial charge in [-0.1, -0.05) is 13.8 Å². The first-order chi connectivity index (χ1) is 12.7. The number of hydrogen-bond donors (Lipinski definition) is 2. The number of likely N-dealkylation sites (N-methyl/N-ethyl adjacent to an activating group) is 1. The van der Waals surface area contributed by atoms with Crippen LogP contribution in [-0.4, -0.2) is 70.0 Å². The van der Waals surface area contributed by atoms with Crippen LogP contribution in [0.4, 0.5) is 5.69 Å². The predicted molar refractivity (Wildman–Crippen MR) is 102 cm³/mol. The fourth-order valence-electron chi connectivity index (χ4n) is 2.88. The van der Waals surface area contributed by atoms with Crippen LogP contribution in [0.25, 0.3) is 0 Å². The molecule has 2 N–H and O–H groups in total. The van der Waals surface area contributed by atoms with Crippen molar-refractivity contribution >= 4 is 11.6 Å². The Hall–Kier alpha value is -1.83. The van der Waals surface area contributed by atoms with Crippen molar-refractivity contribution < 1.29 is 19.0 Å².